The van der Waals surface area contributed by atoms with E-state index in [1.165, 1.54) is 5.56 Å². The van der Waals surface area contributed by atoms with Gasteiger partial charge in [-0.2, -0.15) is 0 Å². The van der Waals surface area contributed by atoms with Gasteiger partial charge in [0, 0.05) is 27.2 Å². The number of ether oxygens (including phenoxy) is 1. The summed E-state index contributed by atoms with van der Waals surface area (Å²) in [5, 5.41) is 6.81. The molecule has 2 N–H and O–H groups in total. The fourth-order valence-corrected chi connectivity index (χ4v) is 4.18. The van der Waals surface area contributed by atoms with E-state index in [0.717, 1.165) is 43.9 Å². The van der Waals surface area contributed by atoms with Crippen molar-refractivity contribution in [1.29, 1.82) is 0 Å². The van der Waals surface area contributed by atoms with Crippen LogP contribution in [0.25, 0.3) is 0 Å². The molecule has 7 nitrogen and oxygen atoms in total. The van der Waals surface area contributed by atoms with Gasteiger partial charge in [-0.1, -0.05) is 25.0 Å². The van der Waals surface area contributed by atoms with Crippen LogP contribution < -0.4 is 15.4 Å². The van der Waals surface area contributed by atoms with Crippen molar-refractivity contribution in [2.45, 2.75) is 38.6 Å². The van der Waals surface area contributed by atoms with E-state index in [2.05, 4.69) is 48.7 Å². The van der Waals surface area contributed by atoms with Gasteiger partial charge in [0.05, 0.1) is 25.1 Å². The summed E-state index contributed by atoms with van der Waals surface area (Å²) < 4.78 is 5.39. The van der Waals surface area contributed by atoms with E-state index in [-0.39, 0.29) is 17.4 Å². The Morgan fingerprint density at radius 1 is 1.20 bits per heavy atom. The van der Waals surface area contributed by atoms with Crippen molar-refractivity contribution in [3.05, 3.63) is 29.8 Å². The van der Waals surface area contributed by atoms with E-state index in [4.69, 9.17) is 9.73 Å². The van der Waals surface area contributed by atoms with Gasteiger partial charge in [0.2, 0.25) is 5.91 Å². The van der Waals surface area contributed by atoms with Crippen molar-refractivity contribution < 1.29 is 9.53 Å². The number of nitrogens with one attached hydrogen (secondary N) is 2. The minimum absolute atomic E-state index is 0.160. The molecule has 168 valence electrons. The summed E-state index contributed by atoms with van der Waals surface area (Å²) in [5.74, 6) is 1.80. The Hall–Kier alpha value is -2.28. The molecule has 1 fully saturated rings. The highest BCUT2D eigenvalue weighted by Crippen LogP contribution is 2.39. The van der Waals surface area contributed by atoms with Crippen molar-refractivity contribution >= 4 is 11.9 Å². The molecule has 1 aromatic carbocycles. The van der Waals surface area contributed by atoms with Crippen LogP contribution in [-0.4, -0.2) is 76.6 Å². The van der Waals surface area contributed by atoms with Crippen molar-refractivity contribution in [2.24, 2.45) is 10.4 Å². The van der Waals surface area contributed by atoms with Crippen LogP contribution in [0.5, 0.6) is 5.75 Å². The molecule has 1 atom stereocenters. The molecule has 0 bridgehead atoms. The highest BCUT2D eigenvalue weighted by Gasteiger charge is 2.42. The third-order valence-electron chi connectivity index (χ3n) is 5.87. The SMILES string of the molecule is CCNC(=NCC1(C(=O)N(C)C)CCCC1)NCC(c1cccc(OC)c1)N(C)C. The predicted octanol–water partition coefficient (Wildman–Crippen LogP) is 2.50. The number of hydrogen-bond donors (Lipinski definition) is 2. The minimum Gasteiger partial charge on any atom is -0.497 e. The number of hydrogen-bond acceptors (Lipinski definition) is 4. The van der Waals surface area contributed by atoms with Crippen LogP contribution in [0.15, 0.2) is 29.3 Å². The molecule has 0 spiro atoms. The molecule has 0 aromatic heterocycles. The first kappa shape index (κ1) is 24.0. The first-order valence-electron chi connectivity index (χ1n) is 10.9. The first-order valence-corrected chi connectivity index (χ1v) is 10.9. The van der Waals surface area contributed by atoms with Gasteiger partial charge in [-0.05, 0) is 51.6 Å². The zero-order valence-corrected chi connectivity index (χ0v) is 19.5. The molecule has 1 amide bonds. The van der Waals surface area contributed by atoms with Gasteiger partial charge in [0.1, 0.15) is 5.75 Å². The van der Waals surface area contributed by atoms with E-state index >= 15 is 0 Å². The fraction of sp³-hybridized carbons (Fsp3) is 0.652. The third kappa shape index (κ3) is 6.11. The number of rotatable bonds is 9. The second-order valence-corrected chi connectivity index (χ2v) is 8.52. The number of carbonyl (C=O) groups is 1. The number of likely N-dealkylation sites (N-methyl/N-ethyl adjacent to an activating group) is 1. The third-order valence-corrected chi connectivity index (χ3v) is 5.87. The highest BCUT2D eigenvalue weighted by atomic mass is 16.5. The molecular weight excluding hydrogens is 378 g/mol. The second kappa shape index (κ2) is 11.2. The normalized spacial score (nSPS) is 17.0. The monoisotopic (exact) mass is 417 g/mol. The summed E-state index contributed by atoms with van der Waals surface area (Å²) in [7, 11) is 9.50. The van der Waals surface area contributed by atoms with E-state index in [1.807, 2.05) is 26.2 Å². The summed E-state index contributed by atoms with van der Waals surface area (Å²) in [4.78, 5) is 21.6. The number of nitrogens with zero attached hydrogens (tertiary/aromatic N) is 3. The van der Waals surface area contributed by atoms with Gasteiger partial charge in [0.25, 0.3) is 0 Å². The van der Waals surface area contributed by atoms with Gasteiger partial charge in [-0.15, -0.1) is 0 Å². The van der Waals surface area contributed by atoms with Gasteiger partial charge < -0.3 is 25.2 Å². The summed E-state index contributed by atoms with van der Waals surface area (Å²) in [6.45, 7) is 4.04. The zero-order valence-electron chi connectivity index (χ0n) is 19.5. The van der Waals surface area contributed by atoms with Crippen LogP contribution in [0, 0.1) is 5.41 Å². The molecule has 30 heavy (non-hydrogen) atoms. The Labute approximate surface area is 181 Å². The molecule has 1 saturated carbocycles. The average Bonchev–Trinajstić information content (AvgIpc) is 3.21. The lowest BCUT2D eigenvalue weighted by Gasteiger charge is -2.30. The highest BCUT2D eigenvalue weighted by molar-refractivity contribution is 5.84. The van der Waals surface area contributed by atoms with E-state index < -0.39 is 0 Å². The van der Waals surface area contributed by atoms with Crippen molar-refractivity contribution in [3.63, 3.8) is 0 Å². The van der Waals surface area contributed by atoms with Crippen LogP contribution in [0.1, 0.15) is 44.2 Å². The van der Waals surface area contributed by atoms with Crippen LogP contribution in [-0.2, 0) is 4.79 Å². The summed E-state index contributed by atoms with van der Waals surface area (Å²) in [6, 6.07) is 8.31. The molecule has 7 heteroatoms. The topological polar surface area (TPSA) is 69.2 Å². The minimum atomic E-state index is -0.362. The Kier molecular flexibility index (Phi) is 8.96. The number of methoxy groups -OCH3 is 1. The van der Waals surface area contributed by atoms with Crippen LogP contribution in [0.2, 0.25) is 0 Å². The van der Waals surface area contributed by atoms with Gasteiger partial charge in [0.15, 0.2) is 5.96 Å². The summed E-state index contributed by atoms with van der Waals surface area (Å²) in [5.41, 5.74) is 0.817. The largest absolute Gasteiger partial charge is 0.497 e. The van der Waals surface area contributed by atoms with Crippen LogP contribution in [0.3, 0.4) is 0 Å². The van der Waals surface area contributed by atoms with Gasteiger partial charge in [-0.25, -0.2) is 0 Å². The van der Waals surface area contributed by atoms with Gasteiger partial charge in [-0.3, -0.25) is 9.79 Å². The lowest BCUT2D eigenvalue weighted by molar-refractivity contribution is -0.138. The number of amides is 1. The Balaban J connectivity index is 2.13. The first-order chi connectivity index (χ1) is 14.3. The number of carbonyl (C=O) groups excluding carboxylic acids is 1. The van der Waals surface area contributed by atoms with Crippen molar-refractivity contribution in [1.82, 2.24) is 20.4 Å². The molecule has 0 aliphatic heterocycles. The lowest BCUT2D eigenvalue weighted by Crippen LogP contribution is -2.44. The van der Waals surface area contributed by atoms with Crippen molar-refractivity contribution in [3.8, 4) is 5.75 Å². The van der Waals surface area contributed by atoms with E-state index in [1.54, 1.807) is 12.0 Å². The molecule has 1 aliphatic rings. The predicted molar refractivity (Wildman–Crippen MR) is 123 cm³/mol. The maximum absolute atomic E-state index is 12.8. The number of aliphatic imine (C=N–C) groups is 1. The molecule has 0 saturated heterocycles. The Morgan fingerprint density at radius 3 is 2.47 bits per heavy atom. The van der Waals surface area contributed by atoms with E-state index in [9.17, 15) is 4.79 Å². The smallest absolute Gasteiger partial charge is 0.230 e. The Morgan fingerprint density at radius 2 is 1.90 bits per heavy atom. The average molecular weight is 418 g/mol. The fourth-order valence-electron chi connectivity index (χ4n) is 4.18. The number of guanidine groups is 1. The van der Waals surface area contributed by atoms with Crippen LogP contribution in [0.4, 0.5) is 0 Å². The zero-order chi connectivity index (χ0) is 22.1. The summed E-state index contributed by atoms with van der Waals surface area (Å²) >= 11 is 0. The maximum Gasteiger partial charge on any atom is 0.230 e. The molecular formula is C23H39N5O2. The molecule has 0 radical (unpaired) electrons. The maximum atomic E-state index is 12.8. The van der Waals surface area contributed by atoms with Gasteiger partial charge >= 0.3 is 0 Å². The molecule has 2 rings (SSSR count). The van der Waals surface area contributed by atoms with E-state index in [0.29, 0.717) is 13.1 Å². The molecule has 1 aromatic rings. The Bertz CT molecular complexity index is 711. The lowest BCUT2D eigenvalue weighted by atomic mass is 9.85. The van der Waals surface area contributed by atoms with Crippen LogP contribution >= 0.6 is 0 Å². The second-order valence-electron chi connectivity index (χ2n) is 8.52. The summed E-state index contributed by atoms with van der Waals surface area (Å²) in [6.07, 6.45) is 4.02. The standard InChI is InChI=1S/C23H39N5O2/c1-7-24-22(26-17-23(13-8-9-14-23)21(29)28(4)5)25-16-20(27(2)3)18-11-10-12-19(15-18)30-6/h10-12,15,20H,7-9,13-14,16-17H2,1-6H3,(H2,24,25,26). The van der Waals surface area contributed by atoms with Crippen molar-refractivity contribution in [2.75, 3.05) is 54.9 Å². The quantitative estimate of drug-likeness (QED) is 0.477. The molecule has 0 heterocycles. The molecule has 1 unspecified atom stereocenters. The molecule has 1 aliphatic carbocycles. The number of benzene rings is 1.